The van der Waals surface area contributed by atoms with Crippen LogP contribution >= 0.6 is 0 Å². The lowest BCUT2D eigenvalue weighted by Gasteiger charge is -2.42. The van der Waals surface area contributed by atoms with Crippen LogP contribution in [0.2, 0.25) is 0 Å². The molecule has 1 rings (SSSR count). The Morgan fingerprint density at radius 3 is 2.38 bits per heavy atom. The maximum Gasteiger partial charge on any atom is 0.0850 e. The van der Waals surface area contributed by atoms with Gasteiger partial charge in [-0.3, -0.25) is 4.90 Å². The highest BCUT2D eigenvalue weighted by molar-refractivity contribution is 4.86. The summed E-state index contributed by atoms with van der Waals surface area (Å²) >= 11 is 0. The van der Waals surface area contributed by atoms with Gasteiger partial charge in [0.25, 0.3) is 0 Å². The minimum atomic E-state index is 0.486. The van der Waals surface area contributed by atoms with Gasteiger partial charge in [-0.05, 0) is 14.0 Å². The first-order chi connectivity index (χ1) is 3.75. The zero-order chi connectivity index (χ0) is 6.15. The number of hydrogen-bond acceptors (Lipinski definition) is 2. The van der Waals surface area contributed by atoms with Crippen molar-refractivity contribution < 1.29 is 4.74 Å². The zero-order valence-electron chi connectivity index (χ0n) is 5.72. The minimum absolute atomic E-state index is 0.486. The van der Waals surface area contributed by atoms with Gasteiger partial charge in [0, 0.05) is 19.7 Å². The molecule has 2 atom stereocenters. The lowest BCUT2D eigenvalue weighted by atomic mass is 10.0. The minimum Gasteiger partial charge on any atom is -0.379 e. The van der Waals surface area contributed by atoms with Crippen LogP contribution in [-0.2, 0) is 4.74 Å². The Bertz CT molecular complexity index is 84.6. The van der Waals surface area contributed by atoms with Gasteiger partial charge in [-0.25, -0.2) is 0 Å². The molecule has 0 bridgehead atoms. The molecule has 0 aromatic heterocycles. The highest BCUT2D eigenvalue weighted by atomic mass is 16.5. The first-order valence-electron chi connectivity index (χ1n) is 2.98. The standard InChI is InChI=1S/C6H13NO/c1-5-6(8-3)4-7(5)2/h5-6H,4H2,1-3H3/t5-,6+/m1/s1. The summed E-state index contributed by atoms with van der Waals surface area (Å²) in [4.78, 5) is 2.27. The van der Waals surface area contributed by atoms with Crippen LogP contribution in [0, 0.1) is 0 Å². The highest BCUT2D eigenvalue weighted by Crippen LogP contribution is 2.16. The molecule has 0 saturated carbocycles. The molecule has 0 spiro atoms. The summed E-state index contributed by atoms with van der Waals surface area (Å²) in [6.45, 7) is 3.27. The molecule has 1 heterocycles. The predicted octanol–water partition coefficient (Wildman–Crippen LogP) is 0.335. The summed E-state index contributed by atoms with van der Waals surface area (Å²) in [5, 5.41) is 0. The molecule has 48 valence electrons. The Hall–Kier alpha value is -0.0800. The maximum atomic E-state index is 5.13. The highest BCUT2D eigenvalue weighted by Gasteiger charge is 2.31. The van der Waals surface area contributed by atoms with E-state index < -0.39 is 0 Å². The number of rotatable bonds is 1. The lowest BCUT2D eigenvalue weighted by molar-refractivity contribution is -0.0627. The maximum absolute atomic E-state index is 5.13. The largest absolute Gasteiger partial charge is 0.379 e. The van der Waals surface area contributed by atoms with Gasteiger partial charge in [-0.2, -0.15) is 0 Å². The van der Waals surface area contributed by atoms with Crippen molar-refractivity contribution in [2.75, 3.05) is 20.7 Å². The fourth-order valence-corrected chi connectivity index (χ4v) is 1.02. The van der Waals surface area contributed by atoms with Gasteiger partial charge in [0.2, 0.25) is 0 Å². The van der Waals surface area contributed by atoms with E-state index in [4.69, 9.17) is 4.74 Å². The van der Waals surface area contributed by atoms with Crippen LogP contribution in [0.3, 0.4) is 0 Å². The van der Waals surface area contributed by atoms with E-state index in [1.165, 1.54) is 0 Å². The van der Waals surface area contributed by atoms with E-state index >= 15 is 0 Å². The van der Waals surface area contributed by atoms with Gasteiger partial charge in [0.05, 0.1) is 6.10 Å². The number of methoxy groups -OCH3 is 1. The third kappa shape index (κ3) is 0.740. The quantitative estimate of drug-likeness (QED) is 0.488. The molecule has 0 aromatic carbocycles. The molecule has 2 nitrogen and oxygen atoms in total. The molecular weight excluding hydrogens is 102 g/mol. The molecular formula is C6H13NO. The summed E-state index contributed by atoms with van der Waals surface area (Å²) in [5.41, 5.74) is 0. The van der Waals surface area contributed by atoms with Crippen molar-refractivity contribution in [2.45, 2.75) is 19.1 Å². The number of likely N-dealkylation sites (N-methyl/N-ethyl adjacent to an activating group) is 1. The SMILES string of the molecule is CO[C@H]1CN(C)[C@@H]1C. The zero-order valence-corrected chi connectivity index (χ0v) is 5.72. The van der Waals surface area contributed by atoms with Crippen molar-refractivity contribution in [3.05, 3.63) is 0 Å². The monoisotopic (exact) mass is 115 g/mol. The molecule has 1 saturated heterocycles. The van der Waals surface area contributed by atoms with Gasteiger partial charge in [0.1, 0.15) is 0 Å². The number of hydrogen-bond donors (Lipinski definition) is 0. The van der Waals surface area contributed by atoms with E-state index in [-0.39, 0.29) is 0 Å². The Balaban J connectivity index is 2.25. The number of nitrogens with zero attached hydrogens (tertiary/aromatic N) is 1. The average Bonchev–Trinajstić information content (AvgIpc) is 1.81. The average molecular weight is 115 g/mol. The normalized spacial score (nSPS) is 39.4. The molecule has 8 heavy (non-hydrogen) atoms. The molecule has 1 aliphatic heterocycles. The molecule has 0 N–H and O–H groups in total. The molecule has 0 radical (unpaired) electrons. The van der Waals surface area contributed by atoms with Crippen molar-refractivity contribution in [3.63, 3.8) is 0 Å². The molecule has 0 aliphatic carbocycles. The Labute approximate surface area is 50.4 Å². The van der Waals surface area contributed by atoms with E-state index in [0.29, 0.717) is 12.1 Å². The van der Waals surface area contributed by atoms with Crippen molar-refractivity contribution in [1.82, 2.24) is 4.90 Å². The number of ether oxygens (including phenoxy) is 1. The van der Waals surface area contributed by atoms with Gasteiger partial charge in [-0.1, -0.05) is 0 Å². The molecule has 0 amide bonds. The van der Waals surface area contributed by atoms with E-state index in [1.807, 2.05) is 0 Å². The fourth-order valence-electron chi connectivity index (χ4n) is 1.02. The van der Waals surface area contributed by atoms with E-state index in [2.05, 4.69) is 18.9 Å². The van der Waals surface area contributed by atoms with Gasteiger partial charge >= 0.3 is 0 Å². The summed E-state index contributed by atoms with van der Waals surface area (Å²) in [6, 6.07) is 0.625. The number of likely N-dealkylation sites (tertiary alicyclic amines) is 1. The second-order valence-corrected chi connectivity index (χ2v) is 2.45. The van der Waals surface area contributed by atoms with Gasteiger partial charge in [-0.15, -0.1) is 0 Å². The fraction of sp³-hybridized carbons (Fsp3) is 1.00. The van der Waals surface area contributed by atoms with Crippen LogP contribution in [0.15, 0.2) is 0 Å². The molecule has 1 aliphatic rings. The van der Waals surface area contributed by atoms with E-state index in [0.717, 1.165) is 6.54 Å². The molecule has 1 fully saturated rings. The van der Waals surface area contributed by atoms with Crippen LogP contribution in [0.5, 0.6) is 0 Å². The van der Waals surface area contributed by atoms with Crippen LogP contribution in [-0.4, -0.2) is 37.7 Å². The van der Waals surface area contributed by atoms with Crippen LogP contribution in [0.25, 0.3) is 0 Å². The Kier molecular flexibility index (Phi) is 1.54. The van der Waals surface area contributed by atoms with E-state index in [9.17, 15) is 0 Å². The van der Waals surface area contributed by atoms with Crippen LogP contribution < -0.4 is 0 Å². The Morgan fingerprint density at radius 2 is 2.25 bits per heavy atom. The predicted molar refractivity (Wildman–Crippen MR) is 32.9 cm³/mol. The summed E-state index contributed by atoms with van der Waals surface area (Å²) < 4.78 is 5.13. The van der Waals surface area contributed by atoms with Crippen molar-refractivity contribution in [2.24, 2.45) is 0 Å². The Morgan fingerprint density at radius 1 is 1.62 bits per heavy atom. The first kappa shape index (κ1) is 6.05. The van der Waals surface area contributed by atoms with Gasteiger partial charge < -0.3 is 4.74 Å². The third-order valence-electron chi connectivity index (χ3n) is 2.00. The third-order valence-corrected chi connectivity index (χ3v) is 2.00. The second-order valence-electron chi connectivity index (χ2n) is 2.45. The van der Waals surface area contributed by atoms with Crippen molar-refractivity contribution in [1.29, 1.82) is 0 Å². The van der Waals surface area contributed by atoms with Crippen LogP contribution in [0.1, 0.15) is 6.92 Å². The van der Waals surface area contributed by atoms with Crippen molar-refractivity contribution in [3.8, 4) is 0 Å². The second kappa shape index (κ2) is 2.03. The van der Waals surface area contributed by atoms with Gasteiger partial charge in [0.15, 0.2) is 0 Å². The lowest BCUT2D eigenvalue weighted by Crippen LogP contribution is -2.56. The van der Waals surface area contributed by atoms with E-state index in [1.54, 1.807) is 7.11 Å². The molecule has 2 heteroatoms. The molecule has 0 aromatic rings. The summed E-state index contributed by atoms with van der Waals surface area (Å²) in [5.74, 6) is 0. The summed E-state index contributed by atoms with van der Waals surface area (Å²) in [6.07, 6.45) is 0.486. The molecule has 0 unspecified atom stereocenters. The van der Waals surface area contributed by atoms with Crippen molar-refractivity contribution >= 4 is 0 Å². The summed E-state index contributed by atoms with van der Waals surface area (Å²) in [7, 11) is 3.88. The topological polar surface area (TPSA) is 12.5 Å². The first-order valence-corrected chi connectivity index (χ1v) is 2.98. The smallest absolute Gasteiger partial charge is 0.0850 e. The van der Waals surface area contributed by atoms with Crippen LogP contribution in [0.4, 0.5) is 0 Å².